The van der Waals surface area contributed by atoms with Crippen LogP contribution in [0.5, 0.6) is 11.5 Å². The highest BCUT2D eigenvalue weighted by Crippen LogP contribution is 2.17. The first-order valence-electron chi connectivity index (χ1n) is 8.85. The maximum atomic E-state index is 12.4. The number of methoxy groups -OCH3 is 1. The fourth-order valence-corrected chi connectivity index (χ4v) is 2.52. The minimum Gasteiger partial charge on any atom is -0.497 e. The predicted molar refractivity (Wildman–Crippen MR) is 108 cm³/mol. The van der Waals surface area contributed by atoms with E-state index in [1.54, 1.807) is 13.2 Å². The molecule has 0 aliphatic rings. The van der Waals surface area contributed by atoms with E-state index >= 15 is 0 Å². The monoisotopic (exact) mass is 378 g/mol. The lowest BCUT2D eigenvalue weighted by atomic mass is 10.2. The molecule has 1 aromatic heterocycles. The smallest absolute Gasteiger partial charge is 0.274 e. The molecule has 2 aromatic carbocycles. The van der Waals surface area contributed by atoms with Crippen LogP contribution in [0.15, 0.2) is 60.9 Å². The number of rotatable bonds is 8. The topological polar surface area (TPSA) is 85.4 Å². The molecule has 0 radical (unpaired) electrons. The number of aromatic nitrogens is 2. The number of carbonyl (C=O) groups excluding carboxylic acids is 1. The summed E-state index contributed by atoms with van der Waals surface area (Å²) in [5.41, 5.74) is 2.08. The Hall–Kier alpha value is -3.61. The lowest BCUT2D eigenvalue weighted by molar-refractivity contribution is 0.102. The third-order valence-electron chi connectivity index (χ3n) is 3.91. The van der Waals surface area contributed by atoms with E-state index in [1.165, 1.54) is 6.33 Å². The van der Waals surface area contributed by atoms with Crippen LogP contribution in [0.4, 0.5) is 11.5 Å². The minimum absolute atomic E-state index is 0.287. The summed E-state index contributed by atoms with van der Waals surface area (Å²) in [6.07, 6.45) is 1.36. The van der Waals surface area contributed by atoms with Crippen LogP contribution in [-0.4, -0.2) is 36.1 Å². The average Bonchev–Trinajstić information content (AvgIpc) is 2.72. The molecule has 0 aliphatic heterocycles. The number of hydrogen-bond acceptors (Lipinski definition) is 6. The molecule has 0 saturated carbocycles. The van der Waals surface area contributed by atoms with Gasteiger partial charge < -0.3 is 20.1 Å². The number of benzene rings is 2. The largest absolute Gasteiger partial charge is 0.497 e. The molecule has 144 valence electrons. The summed E-state index contributed by atoms with van der Waals surface area (Å²) in [5, 5.41) is 5.96. The SMILES string of the molecule is COc1ccc(OCCNc2cc(C(=O)Nc3cccc(C)c3)ncn2)cc1. The van der Waals surface area contributed by atoms with E-state index in [1.807, 2.05) is 55.5 Å². The van der Waals surface area contributed by atoms with Gasteiger partial charge in [-0.25, -0.2) is 9.97 Å². The van der Waals surface area contributed by atoms with Crippen LogP contribution in [0.3, 0.4) is 0 Å². The van der Waals surface area contributed by atoms with E-state index in [2.05, 4.69) is 20.6 Å². The second kappa shape index (κ2) is 9.36. The van der Waals surface area contributed by atoms with Gasteiger partial charge in [-0.1, -0.05) is 12.1 Å². The zero-order valence-electron chi connectivity index (χ0n) is 15.8. The van der Waals surface area contributed by atoms with Crippen molar-refractivity contribution in [3.8, 4) is 11.5 Å². The van der Waals surface area contributed by atoms with Crippen LogP contribution in [0.1, 0.15) is 16.1 Å². The molecule has 0 saturated heterocycles. The number of carbonyl (C=O) groups is 1. The number of nitrogens with one attached hydrogen (secondary N) is 2. The predicted octanol–water partition coefficient (Wildman–Crippen LogP) is 3.54. The van der Waals surface area contributed by atoms with E-state index in [0.29, 0.717) is 19.0 Å². The van der Waals surface area contributed by atoms with Gasteiger partial charge in [0.2, 0.25) is 0 Å². The van der Waals surface area contributed by atoms with Crippen molar-refractivity contribution in [1.82, 2.24) is 9.97 Å². The van der Waals surface area contributed by atoms with Gasteiger partial charge >= 0.3 is 0 Å². The molecule has 1 amide bonds. The summed E-state index contributed by atoms with van der Waals surface area (Å²) in [4.78, 5) is 20.6. The van der Waals surface area contributed by atoms with Crippen molar-refractivity contribution in [2.75, 3.05) is 30.9 Å². The fourth-order valence-electron chi connectivity index (χ4n) is 2.52. The van der Waals surface area contributed by atoms with Crippen molar-refractivity contribution in [3.05, 3.63) is 72.2 Å². The van der Waals surface area contributed by atoms with Crippen molar-refractivity contribution < 1.29 is 14.3 Å². The van der Waals surface area contributed by atoms with Crippen LogP contribution in [-0.2, 0) is 0 Å². The van der Waals surface area contributed by atoms with Gasteiger partial charge in [0, 0.05) is 11.8 Å². The molecule has 2 N–H and O–H groups in total. The molecular weight excluding hydrogens is 356 g/mol. The zero-order chi connectivity index (χ0) is 19.8. The van der Waals surface area contributed by atoms with E-state index in [4.69, 9.17) is 9.47 Å². The molecule has 0 aliphatic carbocycles. The van der Waals surface area contributed by atoms with Gasteiger partial charge in [0.15, 0.2) is 0 Å². The quantitative estimate of drug-likeness (QED) is 0.583. The Labute approximate surface area is 163 Å². The molecule has 0 spiro atoms. The Balaban J connectivity index is 1.50. The first-order chi connectivity index (χ1) is 13.6. The number of amides is 1. The molecule has 1 heterocycles. The molecule has 3 aromatic rings. The summed E-state index contributed by atoms with van der Waals surface area (Å²) in [7, 11) is 1.62. The highest BCUT2D eigenvalue weighted by atomic mass is 16.5. The Morgan fingerprint density at radius 1 is 1.04 bits per heavy atom. The van der Waals surface area contributed by atoms with E-state index < -0.39 is 0 Å². The van der Waals surface area contributed by atoms with Gasteiger partial charge in [-0.3, -0.25) is 4.79 Å². The minimum atomic E-state index is -0.287. The first-order valence-corrected chi connectivity index (χ1v) is 8.85. The normalized spacial score (nSPS) is 10.2. The van der Waals surface area contributed by atoms with Gasteiger partial charge in [-0.05, 0) is 48.9 Å². The van der Waals surface area contributed by atoms with Gasteiger partial charge in [0.05, 0.1) is 13.7 Å². The third-order valence-corrected chi connectivity index (χ3v) is 3.91. The number of nitrogens with zero attached hydrogens (tertiary/aromatic N) is 2. The molecule has 7 heteroatoms. The fraction of sp³-hybridized carbons (Fsp3) is 0.190. The summed E-state index contributed by atoms with van der Waals surface area (Å²) in [5.74, 6) is 1.81. The van der Waals surface area contributed by atoms with E-state index in [-0.39, 0.29) is 11.6 Å². The standard InChI is InChI=1S/C21H22N4O3/c1-15-4-3-5-16(12-15)25-21(26)19-13-20(24-14-23-19)22-10-11-28-18-8-6-17(27-2)7-9-18/h3-9,12-14H,10-11H2,1-2H3,(H,25,26)(H,22,23,24). The van der Waals surface area contributed by atoms with Crippen LogP contribution in [0.2, 0.25) is 0 Å². The van der Waals surface area contributed by atoms with Crippen molar-refractivity contribution in [2.45, 2.75) is 6.92 Å². The lowest BCUT2D eigenvalue weighted by Gasteiger charge is -2.09. The van der Waals surface area contributed by atoms with Crippen molar-refractivity contribution >= 4 is 17.4 Å². The van der Waals surface area contributed by atoms with Gasteiger partial charge in [-0.2, -0.15) is 0 Å². The van der Waals surface area contributed by atoms with E-state index in [9.17, 15) is 4.79 Å². The highest BCUT2D eigenvalue weighted by molar-refractivity contribution is 6.03. The number of hydrogen-bond donors (Lipinski definition) is 2. The molecule has 28 heavy (non-hydrogen) atoms. The van der Waals surface area contributed by atoms with Crippen LogP contribution in [0.25, 0.3) is 0 Å². The summed E-state index contributed by atoms with van der Waals surface area (Å²) in [6.45, 7) is 2.94. The maximum Gasteiger partial charge on any atom is 0.274 e. The summed E-state index contributed by atoms with van der Waals surface area (Å²) in [6, 6.07) is 16.6. The summed E-state index contributed by atoms with van der Waals surface area (Å²) >= 11 is 0. The third kappa shape index (κ3) is 5.44. The first kappa shape index (κ1) is 19.2. The maximum absolute atomic E-state index is 12.4. The second-order valence-electron chi connectivity index (χ2n) is 6.06. The van der Waals surface area contributed by atoms with Crippen LogP contribution >= 0.6 is 0 Å². The van der Waals surface area contributed by atoms with E-state index in [0.717, 1.165) is 22.7 Å². The molecule has 0 unspecified atom stereocenters. The Kier molecular flexibility index (Phi) is 6.41. The Morgan fingerprint density at radius 2 is 1.82 bits per heavy atom. The van der Waals surface area contributed by atoms with Gasteiger partial charge in [-0.15, -0.1) is 0 Å². The molecule has 3 rings (SSSR count). The number of anilines is 2. The highest BCUT2D eigenvalue weighted by Gasteiger charge is 2.09. The van der Waals surface area contributed by atoms with Gasteiger partial charge in [0.1, 0.15) is 35.9 Å². The van der Waals surface area contributed by atoms with Crippen molar-refractivity contribution in [1.29, 1.82) is 0 Å². The average molecular weight is 378 g/mol. The van der Waals surface area contributed by atoms with Crippen LogP contribution < -0.4 is 20.1 Å². The number of ether oxygens (including phenoxy) is 2. The van der Waals surface area contributed by atoms with Gasteiger partial charge in [0.25, 0.3) is 5.91 Å². The Morgan fingerprint density at radius 3 is 2.57 bits per heavy atom. The molecular formula is C21H22N4O3. The van der Waals surface area contributed by atoms with Crippen molar-refractivity contribution in [3.63, 3.8) is 0 Å². The molecule has 0 atom stereocenters. The lowest BCUT2D eigenvalue weighted by Crippen LogP contribution is -2.16. The van der Waals surface area contributed by atoms with Crippen LogP contribution in [0, 0.1) is 6.92 Å². The summed E-state index contributed by atoms with van der Waals surface area (Å²) < 4.78 is 10.8. The molecule has 0 fully saturated rings. The number of aryl methyl sites for hydroxylation is 1. The Bertz CT molecular complexity index is 929. The second-order valence-corrected chi connectivity index (χ2v) is 6.06. The van der Waals surface area contributed by atoms with Crippen molar-refractivity contribution in [2.24, 2.45) is 0 Å². The molecule has 7 nitrogen and oxygen atoms in total. The molecule has 0 bridgehead atoms. The zero-order valence-corrected chi connectivity index (χ0v) is 15.8.